The summed E-state index contributed by atoms with van der Waals surface area (Å²) in [7, 11) is -2.97. The summed E-state index contributed by atoms with van der Waals surface area (Å²) in [6.07, 6.45) is 11.1. The third kappa shape index (κ3) is 10.9. The molecule has 2 aliphatic carbocycles. The maximum Gasteiger partial charge on any atom is 0.293 e. The molecule has 2 aliphatic heterocycles. The van der Waals surface area contributed by atoms with Gasteiger partial charge in [-0.25, -0.2) is 22.5 Å². The van der Waals surface area contributed by atoms with Crippen LogP contribution >= 0.6 is 0 Å². The zero-order valence-corrected chi connectivity index (χ0v) is 45.3. The van der Waals surface area contributed by atoms with Gasteiger partial charge in [0, 0.05) is 87.3 Å². The van der Waals surface area contributed by atoms with Gasteiger partial charge in [0.05, 0.1) is 45.9 Å². The number of aliphatic hydroxyl groups is 1. The normalized spacial score (nSPS) is 21.2. The number of aromatic nitrogens is 2. The van der Waals surface area contributed by atoms with E-state index in [0.29, 0.717) is 37.0 Å². The first kappa shape index (κ1) is 53.0. The van der Waals surface area contributed by atoms with Gasteiger partial charge in [0.25, 0.3) is 21.6 Å². The molecular formula is C59H67FN8O9S. The van der Waals surface area contributed by atoms with Crippen molar-refractivity contribution < 1.29 is 41.5 Å². The van der Waals surface area contributed by atoms with E-state index in [4.69, 9.17) is 13.9 Å². The van der Waals surface area contributed by atoms with Gasteiger partial charge < -0.3 is 34.2 Å². The third-order valence-electron chi connectivity index (χ3n) is 17.0. The van der Waals surface area contributed by atoms with Crippen molar-refractivity contribution in [3.8, 4) is 17.2 Å². The summed E-state index contributed by atoms with van der Waals surface area (Å²) >= 11 is 0. The summed E-state index contributed by atoms with van der Waals surface area (Å²) < 4.78 is 62.4. The van der Waals surface area contributed by atoms with E-state index < -0.39 is 42.9 Å². The van der Waals surface area contributed by atoms with Crippen LogP contribution in [0.5, 0.6) is 17.2 Å². The van der Waals surface area contributed by atoms with E-state index in [9.17, 15) is 32.8 Å². The molecule has 0 radical (unpaired) electrons. The number of furan rings is 1. The second kappa shape index (κ2) is 21.3. The van der Waals surface area contributed by atoms with Crippen LogP contribution in [-0.2, 0) is 16.6 Å². The fraction of sp³-hybridized carbons (Fsp3) is 0.424. The zero-order valence-electron chi connectivity index (χ0n) is 44.5. The Kier molecular flexibility index (Phi) is 14.5. The second-order valence-electron chi connectivity index (χ2n) is 22.6. The largest absolute Gasteiger partial charge is 0.493 e. The summed E-state index contributed by atoms with van der Waals surface area (Å²) in [5.41, 5.74) is 4.80. The first-order valence-corrected chi connectivity index (χ1v) is 28.5. The molecule has 7 aromatic rings. The molecule has 4 aliphatic rings. The van der Waals surface area contributed by atoms with E-state index in [1.54, 1.807) is 32.4 Å². The number of sulfonamides is 1. The van der Waals surface area contributed by atoms with Crippen molar-refractivity contribution in [2.45, 2.75) is 107 Å². The van der Waals surface area contributed by atoms with E-state index in [1.807, 2.05) is 6.07 Å². The highest BCUT2D eigenvalue weighted by molar-refractivity contribution is 7.90. The smallest absolute Gasteiger partial charge is 0.293 e. The lowest BCUT2D eigenvalue weighted by Gasteiger charge is -2.58. The molecule has 78 heavy (non-hydrogen) atoms. The number of amides is 1. The Balaban J connectivity index is 0.788. The molecule has 4 fully saturated rings. The lowest BCUT2D eigenvalue weighted by molar-refractivity contribution is -0.384. The number of anilines is 2. The highest BCUT2D eigenvalue weighted by Crippen LogP contribution is 2.53. The maximum atomic E-state index is 14.8. The quantitative estimate of drug-likeness (QED) is 0.0524. The van der Waals surface area contributed by atoms with Crippen LogP contribution in [0.1, 0.15) is 111 Å². The molecule has 4 aromatic carbocycles. The van der Waals surface area contributed by atoms with Gasteiger partial charge in [0.15, 0.2) is 11.3 Å². The molecule has 1 atom stereocenters. The molecule has 1 amide bonds. The number of nitro benzene ring substituents is 1. The van der Waals surface area contributed by atoms with Gasteiger partial charge in [0.2, 0.25) is 0 Å². The van der Waals surface area contributed by atoms with Crippen LogP contribution in [0.2, 0.25) is 0 Å². The number of H-pyrrole nitrogens is 1. The average Bonchev–Trinajstić information content (AvgIpc) is 4.21. The van der Waals surface area contributed by atoms with E-state index >= 15 is 0 Å². The minimum atomic E-state index is -4.65. The van der Waals surface area contributed by atoms with E-state index in [2.05, 4.69) is 85.0 Å². The Hall–Kier alpha value is -7.06. The molecule has 0 unspecified atom stereocenters. The van der Waals surface area contributed by atoms with Crippen LogP contribution in [0.25, 0.3) is 22.0 Å². The molecular weight excluding hydrogens is 1020 g/mol. The summed E-state index contributed by atoms with van der Waals surface area (Å²) in [6, 6.07) is 25.7. The summed E-state index contributed by atoms with van der Waals surface area (Å²) in [6.45, 7) is 11.9. The summed E-state index contributed by atoms with van der Waals surface area (Å²) in [5, 5.41) is 26.9. The number of carbonyl (C=O) groups excluding carboxylic acids is 1. The van der Waals surface area contributed by atoms with Crippen molar-refractivity contribution in [3.05, 3.63) is 142 Å². The van der Waals surface area contributed by atoms with Crippen LogP contribution < -0.4 is 24.4 Å². The molecule has 0 bridgehead atoms. The Morgan fingerprint density at radius 1 is 0.987 bits per heavy atom. The van der Waals surface area contributed by atoms with E-state index in [1.165, 1.54) is 53.3 Å². The van der Waals surface area contributed by atoms with E-state index in [0.717, 1.165) is 106 Å². The number of fused-ring (bicyclic) bond motifs is 2. The highest BCUT2D eigenvalue weighted by atomic mass is 32.2. The Morgan fingerprint density at radius 3 is 2.53 bits per heavy atom. The van der Waals surface area contributed by atoms with Crippen molar-refractivity contribution in [2.75, 3.05) is 56.6 Å². The van der Waals surface area contributed by atoms with Crippen LogP contribution in [0.3, 0.4) is 0 Å². The number of piperidine rings is 1. The molecule has 1 spiro atoms. The Labute approximate surface area is 453 Å². The molecule has 19 heteroatoms. The number of pyridine rings is 1. The number of nitro groups is 1. The van der Waals surface area contributed by atoms with Gasteiger partial charge >= 0.3 is 0 Å². The number of aromatic amines is 1. The lowest BCUT2D eigenvalue weighted by atomic mass is 9.59. The zero-order chi connectivity index (χ0) is 54.5. The first-order chi connectivity index (χ1) is 37.4. The van der Waals surface area contributed by atoms with Gasteiger partial charge in [-0.2, -0.15) is 0 Å². The van der Waals surface area contributed by atoms with Crippen molar-refractivity contribution in [3.63, 3.8) is 0 Å². The van der Waals surface area contributed by atoms with Crippen molar-refractivity contribution in [1.29, 1.82) is 0 Å². The van der Waals surface area contributed by atoms with Crippen LogP contribution in [0.15, 0.2) is 113 Å². The van der Waals surface area contributed by atoms with Gasteiger partial charge in [-0.3, -0.25) is 24.7 Å². The molecule has 11 rings (SSSR count). The van der Waals surface area contributed by atoms with Gasteiger partial charge in [-0.15, -0.1) is 0 Å². The third-order valence-corrected chi connectivity index (χ3v) is 18.4. The molecule has 3 aromatic heterocycles. The second-order valence-corrected chi connectivity index (χ2v) is 24.3. The predicted octanol–water partition coefficient (Wildman–Crippen LogP) is 11.1. The summed E-state index contributed by atoms with van der Waals surface area (Å²) in [4.78, 5) is 39.9. The lowest BCUT2D eigenvalue weighted by Crippen LogP contribution is -2.60. The summed E-state index contributed by atoms with van der Waals surface area (Å²) in [5.74, 6) is -0.130. The van der Waals surface area contributed by atoms with Crippen LogP contribution in [0.4, 0.5) is 21.5 Å². The van der Waals surface area contributed by atoms with Gasteiger partial charge in [-0.05, 0) is 141 Å². The number of hydrogen-bond acceptors (Lipinski definition) is 14. The number of ether oxygens (including phenoxy) is 2. The van der Waals surface area contributed by atoms with Gasteiger partial charge in [-0.1, -0.05) is 38.1 Å². The number of rotatable bonds is 16. The number of piperazine rings is 1. The molecule has 4 N–H and O–H groups in total. The highest BCUT2D eigenvalue weighted by Gasteiger charge is 2.50. The molecule has 17 nitrogen and oxygen atoms in total. The minimum Gasteiger partial charge on any atom is -0.493 e. The van der Waals surface area contributed by atoms with Gasteiger partial charge in [0.1, 0.15) is 28.7 Å². The number of halogens is 1. The average molecular weight is 1080 g/mol. The first-order valence-electron chi connectivity index (χ1n) is 27.1. The number of benzene rings is 4. The predicted molar refractivity (Wildman–Crippen MR) is 296 cm³/mol. The van der Waals surface area contributed by atoms with Crippen LogP contribution in [-0.4, -0.2) is 102 Å². The SMILES string of the molecule is COc1cc(CN2CCN(C3CC4(CCN(c5ccc(C(=O)NS(=O)(=O)c6ccc(NCC7CCC(C)(O)CC7)c([N+](=O)[O-])c6)c(Oc6cnc7[nH]cc(F)c7c6)c5)CC4)C3)[C@H](c3ccccc3C(C)C)C2)cc2ccoc12. The fourth-order valence-electron chi connectivity index (χ4n) is 12.6. The van der Waals surface area contributed by atoms with E-state index in [-0.39, 0.29) is 45.5 Å². The molecule has 410 valence electrons. The number of carbonyl (C=O) groups is 1. The fourth-order valence-corrected chi connectivity index (χ4v) is 13.6. The Morgan fingerprint density at radius 2 is 1.77 bits per heavy atom. The Bertz CT molecular complexity index is 3480. The number of nitrogens with one attached hydrogen (secondary N) is 3. The molecule has 2 saturated heterocycles. The molecule has 2 saturated carbocycles. The number of nitrogens with zero attached hydrogens (tertiary/aromatic N) is 5. The van der Waals surface area contributed by atoms with Crippen molar-refractivity contribution in [1.82, 2.24) is 24.5 Å². The standard InChI is InChI=1S/C59H67FN8O9S/c1-37(2)45-7-5-6-8-46(45)52-36-65(35-39-25-40-15-24-76-55(40)54(26-39)75-4)22-23-67(52)42-30-59(31-42)18-20-66(21-19-59)41-9-11-47(53(27-41)77-43-28-48-49(60)34-63-56(48)62-33-43)57(69)64-78(73,74)44-10-12-50(51(29-44)68(71)72)61-32-38-13-16-58(3,70)17-14-38/h5-12,15,24-29,33-34,37-38,42,52,61,70H,13-14,16-23,30-32,35-36H2,1-4H3,(H,62,63)(H,64,69)/t38?,52-,58?/m0/s1. The number of methoxy groups -OCH3 is 1. The maximum absolute atomic E-state index is 14.8. The van der Waals surface area contributed by atoms with Crippen molar-refractivity contribution >= 4 is 55.0 Å². The number of hydrogen-bond donors (Lipinski definition) is 4. The monoisotopic (exact) mass is 1080 g/mol. The molecule has 5 heterocycles. The topological polar surface area (TPSA) is 209 Å². The van der Waals surface area contributed by atoms with Crippen molar-refractivity contribution in [2.24, 2.45) is 11.3 Å². The van der Waals surface area contributed by atoms with Crippen LogP contribution in [0, 0.1) is 27.3 Å². The minimum absolute atomic E-state index is 0.0177.